The molecule has 2 rings (SSSR count). The second kappa shape index (κ2) is 6.60. The van der Waals surface area contributed by atoms with Gasteiger partial charge in [-0.15, -0.1) is 11.6 Å². The first kappa shape index (κ1) is 15.3. The summed E-state index contributed by atoms with van der Waals surface area (Å²) in [5.74, 6) is -0.432. The molecule has 20 heavy (non-hydrogen) atoms. The van der Waals surface area contributed by atoms with Gasteiger partial charge in [0.15, 0.2) is 0 Å². The summed E-state index contributed by atoms with van der Waals surface area (Å²) < 4.78 is 14.1. The van der Waals surface area contributed by atoms with E-state index in [0.29, 0.717) is 5.56 Å². The van der Waals surface area contributed by atoms with Crippen molar-refractivity contribution >= 4 is 23.2 Å². The van der Waals surface area contributed by atoms with Crippen molar-refractivity contribution in [2.24, 2.45) is 0 Å². The van der Waals surface area contributed by atoms with Crippen molar-refractivity contribution in [3.05, 3.63) is 69.5 Å². The van der Waals surface area contributed by atoms with Crippen molar-refractivity contribution in [3.8, 4) is 0 Å². The zero-order chi connectivity index (χ0) is 14.7. The molecule has 2 aromatic rings. The summed E-state index contributed by atoms with van der Waals surface area (Å²) in [6, 6.07) is 11.2. The van der Waals surface area contributed by atoms with Crippen molar-refractivity contribution in [1.82, 2.24) is 0 Å². The molecule has 1 atom stereocenters. The number of benzene rings is 2. The molecule has 2 aromatic carbocycles. The Morgan fingerprint density at radius 2 is 1.80 bits per heavy atom. The Morgan fingerprint density at radius 1 is 1.05 bits per heavy atom. The number of alkyl halides is 1. The van der Waals surface area contributed by atoms with Crippen molar-refractivity contribution < 1.29 is 4.39 Å². The SMILES string of the molecule is CCc1ccc(CC)c(C(Cl)c2cccc(Cl)c2F)c1. The summed E-state index contributed by atoms with van der Waals surface area (Å²) in [5.41, 5.74) is 3.74. The second-order valence-electron chi connectivity index (χ2n) is 4.75. The van der Waals surface area contributed by atoms with E-state index < -0.39 is 11.2 Å². The maximum Gasteiger partial charge on any atom is 0.146 e. The largest absolute Gasteiger partial charge is 0.205 e. The molecule has 0 aliphatic carbocycles. The molecule has 0 aromatic heterocycles. The van der Waals surface area contributed by atoms with Gasteiger partial charge in [0.1, 0.15) is 5.82 Å². The quantitative estimate of drug-likeness (QED) is 0.614. The molecule has 0 N–H and O–H groups in total. The van der Waals surface area contributed by atoms with Crippen LogP contribution in [0.5, 0.6) is 0 Å². The van der Waals surface area contributed by atoms with E-state index >= 15 is 0 Å². The molecule has 0 amide bonds. The summed E-state index contributed by atoms with van der Waals surface area (Å²) in [7, 11) is 0. The molecule has 0 spiro atoms. The molecule has 0 bridgehead atoms. The Kier molecular flexibility index (Phi) is 5.06. The molecular weight excluding hydrogens is 294 g/mol. The highest BCUT2D eigenvalue weighted by Gasteiger charge is 2.19. The third-order valence-corrected chi connectivity index (χ3v) is 4.29. The number of rotatable bonds is 4. The van der Waals surface area contributed by atoms with Gasteiger partial charge >= 0.3 is 0 Å². The van der Waals surface area contributed by atoms with Crippen LogP contribution in [0.3, 0.4) is 0 Å². The smallest absolute Gasteiger partial charge is 0.146 e. The number of hydrogen-bond acceptors (Lipinski definition) is 0. The van der Waals surface area contributed by atoms with Gasteiger partial charge in [0.05, 0.1) is 10.4 Å². The molecule has 3 heteroatoms. The van der Waals surface area contributed by atoms with E-state index in [4.69, 9.17) is 23.2 Å². The minimum Gasteiger partial charge on any atom is -0.205 e. The van der Waals surface area contributed by atoms with Gasteiger partial charge in [-0.05, 0) is 35.6 Å². The fourth-order valence-electron chi connectivity index (χ4n) is 2.31. The van der Waals surface area contributed by atoms with Crippen LogP contribution in [0.15, 0.2) is 36.4 Å². The number of aryl methyl sites for hydroxylation is 2. The van der Waals surface area contributed by atoms with Crippen molar-refractivity contribution in [3.63, 3.8) is 0 Å². The van der Waals surface area contributed by atoms with E-state index in [9.17, 15) is 4.39 Å². The standard InChI is InChI=1S/C17H17Cl2F/c1-3-11-8-9-12(4-2)14(10-11)16(19)13-6-5-7-15(18)17(13)20/h5-10,16H,3-4H2,1-2H3. The zero-order valence-electron chi connectivity index (χ0n) is 11.6. The van der Waals surface area contributed by atoms with Crippen LogP contribution in [0.1, 0.15) is 41.5 Å². The highest BCUT2D eigenvalue weighted by atomic mass is 35.5. The maximum absolute atomic E-state index is 14.1. The van der Waals surface area contributed by atoms with Crippen LogP contribution in [-0.4, -0.2) is 0 Å². The van der Waals surface area contributed by atoms with Crippen LogP contribution in [0, 0.1) is 5.82 Å². The van der Waals surface area contributed by atoms with Crippen LogP contribution in [0.2, 0.25) is 5.02 Å². The lowest BCUT2D eigenvalue weighted by Crippen LogP contribution is -2.02. The minimum atomic E-state index is -0.518. The third kappa shape index (κ3) is 2.99. The first-order valence-corrected chi connectivity index (χ1v) is 7.59. The van der Waals surface area contributed by atoms with Crippen molar-refractivity contribution in [2.45, 2.75) is 32.1 Å². The Bertz CT molecular complexity index is 608. The third-order valence-electron chi connectivity index (χ3n) is 3.53. The Morgan fingerprint density at radius 3 is 2.45 bits per heavy atom. The first-order valence-electron chi connectivity index (χ1n) is 6.78. The minimum absolute atomic E-state index is 0.109. The van der Waals surface area contributed by atoms with E-state index in [1.54, 1.807) is 12.1 Å². The highest BCUT2D eigenvalue weighted by Crippen LogP contribution is 2.35. The lowest BCUT2D eigenvalue weighted by molar-refractivity contribution is 0.612. The number of hydrogen-bond donors (Lipinski definition) is 0. The molecule has 0 heterocycles. The Balaban J connectivity index is 2.51. The fraction of sp³-hybridized carbons (Fsp3) is 0.294. The van der Waals surface area contributed by atoms with Crippen LogP contribution in [-0.2, 0) is 12.8 Å². The molecule has 0 aliphatic rings. The summed E-state index contributed by atoms with van der Waals surface area (Å²) in [5, 5.41) is -0.409. The van der Waals surface area contributed by atoms with Gasteiger partial charge in [-0.25, -0.2) is 4.39 Å². The van der Waals surface area contributed by atoms with Crippen LogP contribution in [0.25, 0.3) is 0 Å². The Hall–Kier alpha value is -1.05. The van der Waals surface area contributed by atoms with Gasteiger partial charge in [-0.2, -0.15) is 0 Å². The van der Waals surface area contributed by atoms with Gasteiger partial charge in [-0.3, -0.25) is 0 Å². The Labute approximate surface area is 129 Å². The lowest BCUT2D eigenvalue weighted by atomic mass is 9.95. The van der Waals surface area contributed by atoms with E-state index in [2.05, 4.69) is 32.0 Å². The topological polar surface area (TPSA) is 0 Å². The van der Waals surface area contributed by atoms with Crippen LogP contribution >= 0.6 is 23.2 Å². The monoisotopic (exact) mass is 310 g/mol. The summed E-state index contributed by atoms with van der Waals surface area (Å²) in [6.07, 6.45) is 1.80. The molecule has 0 aliphatic heterocycles. The van der Waals surface area contributed by atoms with Gasteiger partial charge in [0.25, 0.3) is 0 Å². The average molecular weight is 311 g/mol. The van der Waals surface area contributed by atoms with Gasteiger partial charge in [0.2, 0.25) is 0 Å². The summed E-state index contributed by atoms with van der Waals surface area (Å²) in [4.78, 5) is 0. The lowest BCUT2D eigenvalue weighted by Gasteiger charge is -2.17. The first-order chi connectivity index (χ1) is 9.58. The van der Waals surface area contributed by atoms with E-state index in [0.717, 1.165) is 24.0 Å². The van der Waals surface area contributed by atoms with Gasteiger partial charge < -0.3 is 0 Å². The predicted octanol–water partition coefficient (Wildman–Crippen LogP) is 5.93. The van der Waals surface area contributed by atoms with Crippen LogP contribution in [0.4, 0.5) is 4.39 Å². The predicted molar refractivity (Wildman–Crippen MR) is 84.3 cm³/mol. The molecular formula is C17H17Cl2F. The molecule has 0 radical (unpaired) electrons. The zero-order valence-corrected chi connectivity index (χ0v) is 13.1. The highest BCUT2D eigenvalue weighted by molar-refractivity contribution is 6.31. The van der Waals surface area contributed by atoms with E-state index in [-0.39, 0.29) is 5.02 Å². The molecule has 106 valence electrons. The maximum atomic E-state index is 14.1. The molecule has 0 nitrogen and oxygen atoms in total. The average Bonchev–Trinajstić information content (AvgIpc) is 2.48. The molecule has 0 saturated heterocycles. The van der Waals surface area contributed by atoms with Gasteiger partial charge in [-0.1, -0.05) is 55.8 Å². The van der Waals surface area contributed by atoms with Crippen molar-refractivity contribution in [2.75, 3.05) is 0 Å². The van der Waals surface area contributed by atoms with Crippen LogP contribution < -0.4 is 0 Å². The summed E-state index contributed by atoms with van der Waals surface area (Å²) >= 11 is 12.4. The normalized spacial score (nSPS) is 12.4. The number of halogens is 3. The molecule has 1 unspecified atom stereocenters. The van der Waals surface area contributed by atoms with Gasteiger partial charge in [0, 0.05) is 5.56 Å². The summed E-state index contributed by atoms with van der Waals surface area (Å²) in [6.45, 7) is 4.16. The van der Waals surface area contributed by atoms with E-state index in [1.165, 1.54) is 11.6 Å². The fourth-order valence-corrected chi connectivity index (χ4v) is 2.86. The second-order valence-corrected chi connectivity index (χ2v) is 5.59. The van der Waals surface area contributed by atoms with E-state index in [1.807, 2.05) is 0 Å². The molecule has 0 saturated carbocycles. The van der Waals surface area contributed by atoms with Crippen molar-refractivity contribution in [1.29, 1.82) is 0 Å². The molecule has 0 fully saturated rings.